The standard InChI is InChI=1S/C17H21N3O2/c1-2-14(19-16(21)12-7-5-8-12)11-20-17(22)15-9-4-3-6-13(15)10-18-20/h3-4,6,9-10,12,14H,2,5,7-8,11H2,1H3,(H,19,21)/t14-/m0/s1. The summed E-state index contributed by atoms with van der Waals surface area (Å²) in [7, 11) is 0. The summed E-state index contributed by atoms with van der Waals surface area (Å²) >= 11 is 0. The maximum Gasteiger partial charge on any atom is 0.274 e. The van der Waals surface area contributed by atoms with Gasteiger partial charge in [0.1, 0.15) is 0 Å². The monoisotopic (exact) mass is 299 g/mol. The maximum absolute atomic E-state index is 12.5. The first-order chi connectivity index (χ1) is 10.7. The molecule has 0 spiro atoms. The summed E-state index contributed by atoms with van der Waals surface area (Å²) in [4.78, 5) is 24.5. The lowest BCUT2D eigenvalue weighted by Gasteiger charge is -2.27. The van der Waals surface area contributed by atoms with E-state index in [9.17, 15) is 9.59 Å². The topological polar surface area (TPSA) is 64.0 Å². The molecule has 2 aromatic rings. The Labute approximate surface area is 129 Å². The molecule has 5 nitrogen and oxygen atoms in total. The Morgan fingerprint density at radius 1 is 1.41 bits per heavy atom. The van der Waals surface area contributed by atoms with Crippen molar-refractivity contribution in [2.24, 2.45) is 5.92 Å². The number of rotatable bonds is 5. The van der Waals surface area contributed by atoms with Gasteiger partial charge in [-0.15, -0.1) is 0 Å². The zero-order chi connectivity index (χ0) is 15.5. The largest absolute Gasteiger partial charge is 0.351 e. The second-order valence-electron chi connectivity index (χ2n) is 5.96. The van der Waals surface area contributed by atoms with Crippen LogP contribution in [-0.2, 0) is 11.3 Å². The summed E-state index contributed by atoms with van der Waals surface area (Å²) < 4.78 is 1.46. The molecule has 1 atom stereocenters. The Balaban J connectivity index is 1.77. The summed E-state index contributed by atoms with van der Waals surface area (Å²) in [6.07, 6.45) is 5.59. The van der Waals surface area contributed by atoms with Crippen molar-refractivity contribution in [2.75, 3.05) is 0 Å². The molecule has 1 aliphatic carbocycles. The molecule has 0 aliphatic heterocycles. The maximum atomic E-state index is 12.5. The van der Waals surface area contributed by atoms with Gasteiger partial charge in [0.25, 0.3) is 5.56 Å². The van der Waals surface area contributed by atoms with E-state index in [1.165, 1.54) is 4.68 Å². The van der Waals surface area contributed by atoms with E-state index in [1.807, 2.05) is 31.2 Å². The van der Waals surface area contributed by atoms with Crippen LogP contribution in [0.3, 0.4) is 0 Å². The molecular formula is C17H21N3O2. The highest BCUT2D eigenvalue weighted by atomic mass is 16.2. The Morgan fingerprint density at radius 2 is 2.18 bits per heavy atom. The van der Waals surface area contributed by atoms with Crippen LogP contribution < -0.4 is 10.9 Å². The van der Waals surface area contributed by atoms with Gasteiger partial charge in [-0.2, -0.15) is 5.10 Å². The van der Waals surface area contributed by atoms with Crippen molar-refractivity contribution in [1.29, 1.82) is 0 Å². The molecule has 116 valence electrons. The first-order valence-corrected chi connectivity index (χ1v) is 7.94. The molecule has 1 aromatic carbocycles. The third-order valence-electron chi connectivity index (χ3n) is 4.47. The number of fused-ring (bicyclic) bond motifs is 1. The fourth-order valence-electron chi connectivity index (χ4n) is 2.73. The molecule has 3 rings (SSSR count). The highest BCUT2D eigenvalue weighted by Crippen LogP contribution is 2.26. The Morgan fingerprint density at radius 3 is 2.86 bits per heavy atom. The molecule has 0 saturated heterocycles. The van der Waals surface area contributed by atoms with Crippen molar-refractivity contribution in [3.8, 4) is 0 Å². The van der Waals surface area contributed by atoms with Crippen LogP contribution in [0.4, 0.5) is 0 Å². The van der Waals surface area contributed by atoms with Gasteiger partial charge in [0.05, 0.1) is 18.1 Å². The van der Waals surface area contributed by atoms with Crippen LogP contribution in [0.1, 0.15) is 32.6 Å². The van der Waals surface area contributed by atoms with E-state index in [0.717, 1.165) is 31.1 Å². The fourth-order valence-corrected chi connectivity index (χ4v) is 2.73. The van der Waals surface area contributed by atoms with Crippen LogP contribution >= 0.6 is 0 Å². The molecule has 1 amide bonds. The number of carbonyl (C=O) groups excluding carboxylic acids is 1. The average Bonchev–Trinajstić information content (AvgIpc) is 2.47. The van der Waals surface area contributed by atoms with Crippen molar-refractivity contribution in [1.82, 2.24) is 15.1 Å². The van der Waals surface area contributed by atoms with Gasteiger partial charge in [0.15, 0.2) is 0 Å². The van der Waals surface area contributed by atoms with Crippen molar-refractivity contribution >= 4 is 16.7 Å². The van der Waals surface area contributed by atoms with Gasteiger partial charge in [0, 0.05) is 17.3 Å². The average molecular weight is 299 g/mol. The highest BCUT2D eigenvalue weighted by molar-refractivity contribution is 5.80. The van der Waals surface area contributed by atoms with Gasteiger partial charge in [-0.1, -0.05) is 31.5 Å². The molecular weight excluding hydrogens is 278 g/mol. The van der Waals surface area contributed by atoms with Gasteiger partial charge >= 0.3 is 0 Å². The number of aromatic nitrogens is 2. The molecule has 1 aromatic heterocycles. The van der Waals surface area contributed by atoms with Gasteiger partial charge in [-0.05, 0) is 25.3 Å². The molecule has 0 bridgehead atoms. The SMILES string of the molecule is CC[C@@H](Cn1ncc2ccccc2c1=O)NC(=O)C1CCC1. The zero-order valence-corrected chi connectivity index (χ0v) is 12.8. The molecule has 0 unspecified atom stereocenters. The van der Waals surface area contributed by atoms with Crippen molar-refractivity contribution in [2.45, 2.75) is 45.2 Å². The number of carbonyl (C=O) groups is 1. The predicted octanol–water partition coefficient (Wildman–Crippen LogP) is 2.09. The molecule has 22 heavy (non-hydrogen) atoms. The summed E-state index contributed by atoms with van der Waals surface area (Å²) in [5.41, 5.74) is -0.102. The quantitative estimate of drug-likeness (QED) is 0.919. The highest BCUT2D eigenvalue weighted by Gasteiger charge is 2.26. The minimum atomic E-state index is -0.102. The van der Waals surface area contributed by atoms with Crippen LogP contribution in [0, 0.1) is 5.92 Å². The predicted molar refractivity (Wildman–Crippen MR) is 85.6 cm³/mol. The third kappa shape index (κ3) is 2.89. The van der Waals surface area contributed by atoms with Crippen molar-refractivity contribution in [3.05, 3.63) is 40.8 Å². The first kappa shape index (κ1) is 14.8. The summed E-state index contributed by atoms with van der Waals surface area (Å²) in [6.45, 7) is 2.43. The van der Waals surface area contributed by atoms with E-state index < -0.39 is 0 Å². The van der Waals surface area contributed by atoms with E-state index in [4.69, 9.17) is 0 Å². The summed E-state index contributed by atoms with van der Waals surface area (Å²) in [5.74, 6) is 0.280. The summed E-state index contributed by atoms with van der Waals surface area (Å²) in [5, 5.41) is 8.79. The molecule has 1 fully saturated rings. The van der Waals surface area contributed by atoms with Gasteiger partial charge in [0.2, 0.25) is 5.91 Å². The molecule has 1 aliphatic rings. The number of hydrogen-bond donors (Lipinski definition) is 1. The molecule has 5 heteroatoms. The zero-order valence-electron chi connectivity index (χ0n) is 12.8. The van der Waals surface area contributed by atoms with E-state index in [-0.39, 0.29) is 23.4 Å². The normalized spacial score (nSPS) is 16.2. The second kappa shape index (κ2) is 6.30. The summed E-state index contributed by atoms with van der Waals surface area (Å²) in [6, 6.07) is 7.37. The number of nitrogens with zero attached hydrogens (tertiary/aromatic N) is 2. The molecule has 1 heterocycles. The van der Waals surface area contributed by atoms with Crippen LogP contribution in [-0.4, -0.2) is 21.7 Å². The van der Waals surface area contributed by atoms with Crippen LogP contribution in [0.25, 0.3) is 10.8 Å². The van der Waals surface area contributed by atoms with Gasteiger partial charge in [-0.3, -0.25) is 9.59 Å². The fraction of sp³-hybridized carbons (Fsp3) is 0.471. The lowest BCUT2D eigenvalue weighted by atomic mass is 9.84. The lowest BCUT2D eigenvalue weighted by Crippen LogP contribution is -2.44. The van der Waals surface area contributed by atoms with Crippen LogP contribution in [0.5, 0.6) is 0 Å². The second-order valence-corrected chi connectivity index (χ2v) is 5.96. The minimum Gasteiger partial charge on any atom is -0.351 e. The van der Waals surface area contributed by atoms with Gasteiger partial charge < -0.3 is 5.32 Å². The molecule has 1 N–H and O–H groups in total. The van der Waals surface area contributed by atoms with E-state index in [2.05, 4.69) is 10.4 Å². The third-order valence-corrected chi connectivity index (χ3v) is 4.47. The number of amides is 1. The number of benzene rings is 1. The van der Waals surface area contributed by atoms with Crippen LogP contribution in [0.15, 0.2) is 35.3 Å². The Bertz CT molecular complexity index is 734. The Kier molecular flexibility index (Phi) is 4.22. The lowest BCUT2D eigenvalue weighted by molar-refractivity contribution is -0.128. The molecule has 1 saturated carbocycles. The Hall–Kier alpha value is -2.17. The van der Waals surface area contributed by atoms with E-state index >= 15 is 0 Å². The van der Waals surface area contributed by atoms with Crippen LogP contribution in [0.2, 0.25) is 0 Å². The van der Waals surface area contributed by atoms with Gasteiger partial charge in [-0.25, -0.2) is 4.68 Å². The first-order valence-electron chi connectivity index (χ1n) is 7.94. The number of hydrogen-bond acceptors (Lipinski definition) is 3. The number of nitrogens with one attached hydrogen (secondary N) is 1. The van der Waals surface area contributed by atoms with E-state index in [1.54, 1.807) is 6.20 Å². The molecule has 0 radical (unpaired) electrons. The minimum absolute atomic E-state index is 0.0561. The van der Waals surface area contributed by atoms with E-state index in [0.29, 0.717) is 11.9 Å². The smallest absolute Gasteiger partial charge is 0.274 e. The van der Waals surface area contributed by atoms with Crippen molar-refractivity contribution < 1.29 is 4.79 Å². The van der Waals surface area contributed by atoms with Crippen molar-refractivity contribution in [3.63, 3.8) is 0 Å².